The molecule has 0 bridgehead atoms. The minimum atomic E-state index is 0.752. The second-order valence-electron chi connectivity index (χ2n) is 5.98. The van der Waals surface area contributed by atoms with E-state index in [9.17, 15) is 0 Å². The van der Waals surface area contributed by atoms with E-state index in [1.165, 1.54) is 11.3 Å². The lowest BCUT2D eigenvalue weighted by Crippen LogP contribution is -2.08. The number of hydrogen-bond donors (Lipinski definition) is 1. The third-order valence-electron chi connectivity index (χ3n) is 3.81. The van der Waals surface area contributed by atoms with Crippen molar-refractivity contribution in [2.45, 2.75) is 13.1 Å². The molecule has 0 fully saturated rings. The van der Waals surface area contributed by atoms with Crippen LogP contribution in [-0.2, 0) is 13.1 Å². The molecule has 0 spiro atoms. The van der Waals surface area contributed by atoms with Crippen molar-refractivity contribution in [3.63, 3.8) is 0 Å². The zero-order chi connectivity index (χ0) is 16.9. The summed E-state index contributed by atoms with van der Waals surface area (Å²) in [7, 11) is 4.08. The van der Waals surface area contributed by atoms with Gasteiger partial charge in [0.05, 0.1) is 6.33 Å². The summed E-state index contributed by atoms with van der Waals surface area (Å²) in [6, 6.07) is 16.4. The van der Waals surface area contributed by atoms with Gasteiger partial charge in [0, 0.05) is 44.1 Å². The highest BCUT2D eigenvalue weighted by Crippen LogP contribution is 2.15. The van der Waals surface area contributed by atoms with Crippen molar-refractivity contribution in [1.29, 1.82) is 0 Å². The zero-order valence-corrected chi connectivity index (χ0v) is 14.7. The predicted molar refractivity (Wildman–Crippen MR) is 101 cm³/mol. The summed E-state index contributed by atoms with van der Waals surface area (Å²) in [6.07, 6.45) is 3.84. The summed E-state index contributed by atoms with van der Waals surface area (Å²) in [5, 5.41) is 4.11. The van der Waals surface area contributed by atoms with E-state index in [4.69, 9.17) is 11.6 Å². The van der Waals surface area contributed by atoms with Gasteiger partial charge in [0.2, 0.25) is 0 Å². The molecule has 1 heterocycles. The van der Waals surface area contributed by atoms with E-state index < -0.39 is 0 Å². The van der Waals surface area contributed by atoms with Crippen LogP contribution in [0.5, 0.6) is 0 Å². The first-order valence-electron chi connectivity index (χ1n) is 7.86. The molecule has 124 valence electrons. The summed E-state index contributed by atoms with van der Waals surface area (Å²) in [5.74, 6) is 0.869. The Bertz CT molecular complexity index is 793. The van der Waals surface area contributed by atoms with E-state index in [0.29, 0.717) is 0 Å². The van der Waals surface area contributed by atoms with Crippen molar-refractivity contribution in [1.82, 2.24) is 9.55 Å². The Kier molecular flexibility index (Phi) is 5.06. The number of aromatic nitrogens is 2. The van der Waals surface area contributed by atoms with Crippen molar-refractivity contribution in [3.8, 4) is 0 Å². The number of nitrogens with zero attached hydrogens (tertiary/aromatic N) is 3. The maximum Gasteiger partial charge on any atom is 0.144 e. The summed E-state index contributed by atoms with van der Waals surface area (Å²) >= 11 is 6.02. The van der Waals surface area contributed by atoms with Crippen LogP contribution in [-0.4, -0.2) is 23.6 Å². The zero-order valence-electron chi connectivity index (χ0n) is 13.9. The van der Waals surface area contributed by atoms with Crippen LogP contribution < -0.4 is 10.2 Å². The van der Waals surface area contributed by atoms with E-state index in [-0.39, 0.29) is 0 Å². The molecule has 24 heavy (non-hydrogen) atoms. The van der Waals surface area contributed by atoms with Gasteiger partial charge in [-0.3, -0.25) is 0 Å². The third kappa shape index (κ3) is 4.30. The molecule has 3 rings (SSSR count). The molecule has 0 amide bonds. The van der Waals surface area contributed by atoms with E-state index in [2.05, 4.69) is 45.5 Å². The van der Waals surface area contributed by atoms with Gasteiger partial charge in [-0.1, -0.05) is 35.9 Å². The topological polar surface area (TPSA) is 33.1 Å². The first kappa shape index (κ1) is 16.4. The van der Waals surface area contributed by atoms with Gasteiger partial charge < -0.3 is 14.8 Å². The molecule has 4 nitrogen and oxygen atoms in total. The highest BCUT2D eigenvalue weighted by Gasteiger charge is 2.01. The van der Waals surface area contributed by atoms with Crippen LogP contribution in [0, 0.1) is 0 Å². The van der Waals surface area contributed by atoms with Crippen molar-refractivity contribution in [2.75, 3.05) is 24.3 Å². The minimum Gasteiger partial charge on any atom is -0.378 e. The lowest BCUT2D eigenvalue weighted by Gasteiger charge is -2.12. The number of nitrogens with one attached hydrogen (secondary N) is 1. The molecular weight excluding hydrogens is 320 g/mol. The fourth-order valence-electron chi connectivity index (χ4n) is 2.49. The minimum absolute atomic E-state index is 0.752. The van der Waals surface area contributed by atoms with Crippen LogP contribution in [0.1, 0.15) is 11.1 Å². The van der Waals surface area contributed by atoms with Crippen LogP contribution in [0.4, 0.5) is 11.5 Å². The normalized spacial score (nSPS) is 10.6. The van der Waals surface area contributed by atoms with Gasteiger partial charge in [-0.2, -0.15) is 0 Å². The fraction of sp³-hybridized carbons (Fsp3) is 0.211. The number of anilines is 2. The van der Waals surface area contributed by atoms with Crippen LogP contribution >= 0.6 is 11.6 Å². The second-order valence-corrected chi connectivity index (χ2v) is 6.41. The molecule has 0 aliphatic rings. The Morgan fingerprint density at radius 1 is 1.08 bits per heavy atom. The van der Waals surface area contributed by atoms with Crippen LogP contribution in [0.2, 0.25) is 5.02 Å². The van der Waals surface area contributed by atoms with Gasteiger partial charge in [0.25, 0.3) is 0 Å². The predicted octanol–water partition coefficient (Wildman–Crippen LogP) is 4.26. The molecule has 0 saturated carbocycles. The van der Waals surface area contributed by atoms with Gasteiger partial charge in [-0.25, -0.2) is 4.98 Å². The largest absolute Gasteiger partial charge is 0.378 e. The van der Waals surface area contributed by atoms with Gasteiger partial charge in [-0.05, 0) is 35.4 Å². The molecular formula is C19H21ClN4. The van der Waals surface area contributed by atoms with Gasteiger partial charge in [0.15, 0.2) is 0 Å². The molecule has 2 aromatic carbocycles. The quantitative estimate of drug-likeness (QED) is 0.727. The first-order chi connectivity index (χ1) is 11.6. The van der Waals surface area contributed by atoms with E-state index >= 15 is 0 Å². The molecule has 0 aliphatic heterocycles. The highest BCUT2D eigenvalue weighted by molar-refractivity contribution is 6.30. The van der Waals surface area contributed by atoms with Crippen molar-refractivity contribution < 1.29 is 0 Å². The van der Waals surface area contributed by atoms with Crippen molar-refractivity contribution in [2.24, 2.45) is 0 Å². The number of hydrogen-bond acceptors (Lipinski definition) is 3. The third-order valence-corrected chi connectivity index (χ3v) is 4.05. The Hall–Kier alpha value is -2.46. The Balaban J connectivity index is 1.58. The average Bonchev–Trinajstić information content (AvgIpc) is 3.01. The number of halogens is 1. The SMILES string of the molecule is CN(C)c1ccc(CNc2cn(Cc3cccc(Cl)c3)cn2)cc1. The van der Waals surface area contributed by atoms with Crippen LogP contribution in [0.25, 0.3) is 0 Å². The maximum absolute atomic E-state index is 6.02. The van der Waals surface area contributed by atoms with E-state index in [1.54, 1.807) is 0 Å². The molecule has 0 radical (unpaired) electrons. The summed E-state index contributed by atoms with van der Waals surface area (Å²) < 4.78 is 2.04. The van der Waals surface area contributed by atoms with E-state index in [1.807, 2.05) is 49.4 Å². The highest BCUT2D eigenvalue weighted by atomic mass is 35.5. The smallest absolute Gasteiger partial charge is 0.144 e. The standard InChI is InChI=1S/C19H21ClN4/c1-23(2)18-8-6-15(7-9-18)11-21-19-13-24(14-22-19)12-16-4-3-5-17(20)10-16/h3-10,13-14,21H,11-12H2,1-2H3. The van der Waals surface area contributed by atoms with E-state index in [0.717, 1.165) is 29.5 Å². The monoisotopic (exact) mass is 340 g/mol. The number of imidazole rings is 1. The molecule has 0 unspecified atom stereocenters. The molecule has 1 N–H and O–H groups in total. The Morgan fingerprint density at radius 2 is 1.88 bits per heavy atom. The maximum atomic E-state index is 6.02. The van der Waals surface area contributed by atoms with Gasteiger partial charge >= 0.3 is 0 Å². The molecule has 5 heteroatoms. The van der Waals surface area contributed by atoms with Gasteiger partial charge in [-0.15, -0.1) is 0 Å². The molecule has 1 aromatic heterocycles. The van der Waals surface area contributed by atoms with Crippen molar-refractivity contribution >= 4 is 23.1 Å². The molecule has 0 atom stereocenters. The summed E-state index contributed by atoms with van der Waals surface area (Å²) in [6.45, 7) is 1.51. The average molecular weight is 341 g/mol. The van der Waals surface area contributed by atoms with Crippen LogP contribution in [0.3, 0.4) is 0 Å². The fourth-order valence-corrected chi connectivity index (χ4v) is 2.70. The Morgan fingerprint density at radius 3 is 2.58 bits per heavy atom. The van der Waals surface area contributed by atoms with Gasteiger partial charge in [0.1, 0.15) is 5.82 Å². The Labute approximate surface area is 147 Å². The molecule has 0 saturated heterocycles. The summed E-state index contributed by atoms with van der Waals surface area (Å²) in [5.41, 5.74) is 3.58. The molecule has 0 aliphatic carbocycles. The number of benzene rings is 2. The van der Waals surface area contributed by atoms with Crippen LogP contribution in [0.15, 0.2) is 61.1 Å². The van der Waals surface area contributed by atoms with Crippen molar-refractivity contribution in [3.05, 3.63) is 77.2 Å². The number of rotatable bonds is 6. The second kappa shape index (κ2) is 7.41. The lowest BCUT2D eigenvalue weighted by molar-refractivity contribution is 0.797. The first-order valence-corrected chi connectivity index (χ1v) is 8.24. The summed E-state index contributed by atoms with van der Waals surface area (Å²) in [4.78, 5) is 6.50. The lowest BCUT2D eigenvalue weighted by atomic mass is 10.2. The molecule has 3 aromatic rings.